The van der Waals surface area contributed by atoms with Crippen LogP contribution in [0.2, 0.25) is 0 Å². The summed E-state index contributed by atoms with van der Waals surface area (Å²) in [5.41, 5.74) is 6.98. The Morgan fingerprint density at radius 1 is 0.789 bits per heavy atom. The van der Waals surface area contributed by atoms with Crippen molar-refractivity contribution in [3.05, 3.63) is 103 Å². The number of methoxy groups -OCH3 is 2. The minimum absolute atomic E-state index is 0.0781. The lowest BCUT2D eigenvalue weighted by molar-refractivity contribution is -0.137. The van der Waals surface area contributed by atoms with E-state index in [1.165, 1.54) is 14.2 Å². The number of H-pyrrole nitrogens is 2. The Labute approximate surface area is 332 Å². The predicted octanol–water partition coefficient (Wildman–Crippen LogP) is 6.96. The van der Waals surface area contributed by atoms with E-state index in [4.69, 9.17) is 14.5 Å². The fraction of sp³-hybridized carbons (Fsp3) is 0.409. The molecular weight excluding hydrogens is 721 g/mol. The zero-order valence-corrected chi connectivity index (χ0v) is 32.8. The summed E-state index contributed by atoms with van der Waals surface area (Å²) in [6, 6.07) is 19.4. The van der Waals surface area contributed by atoms with Gasteiger partial charge in [-0.05, 0) is 91.7 Å². The molecule has 3 fully saturated rings. The molecule has 4 heterocycles. The second-order valence-electron chi connectivity index (χ2n) is 15.7. The molecule has 1 saturated heterocycles. The summed E-state index contributed by atoms with van der Waals surface area (Å²) in [6.07, 6.45) is 10.9. The topological polar surface area (TPSA) is 167 Å². The van der Waals surface area contributed by atoms with Crippen molar-refractivity contribution >= 4 is 17.9 Å². The van der Waals surface area contributed by atoms with E-state index in [1.54, 1.807) is 24.2 Å². The second-order valence-corrected chi connectivity index (χ2v) is 15.7. The van der Waals surface area contributed by atoms with E-state index < -0.39 is 18.2 Å². The van der Waals surface area contributed by atoms with Crippen LogP contribution in [-0.4, -0.2) is 80.6 Å². The first-order chi connectivity index (χ1) is 27.7. The lowest BCUT2D eigenvalue weighted by Gasteiger charge is -2.30. The van der Waals surface area contributed by atoms with Gasteiger partial charge in [-0.25, -0.2) is 14.8 Å². The number of likely N-dealkylation sites (tertiary alicyclic amines) is 1. The number of hydrogen-bond donors (Lipinski definition) is 4. The van der Waals surface area contributed by atoms with Crippen molar-refractivity contribution in [2.75, 3.05) is 20.8 Å². The number of aromatic amines is 2. The molecule has 3 amide bonds. The third kappa shape index (κ3) is 7.68. The molecule has 13 heteroatoms. The van der Waals surface area contributed by atoms with E-state index in [-0.39, 0.29) is 35.7 Å². The van der Waals surface area contributed by atoms with E-state index >= 15 is 0 Å². The molecule has 2 aliphatic carbocycles. The smallest absolute Gasteiger partial charge is 0.407 e. The van der Waals surface area contributed by atoms with Crippen LogP contribution in [0.15, 0.2) is 85.5 Å². The van der Waals surface area contributed by atoms with Gasteiger partial charge < -0.3 is 35.0 Å². The summed E-state index contributed by atoms with van der Waals surface area (Å²) in [7, 11) is 2.77. The van der Waals surface area contributed by atoms with Gasteiger partial charge in [0.05, 0.1) is 55.0 Å². The summed E-state index contributed by atoms with van der Waals surface area (Å²) in [5, 5.41) is 5.90. The number of carbonyl (C=O) groups excluding carboxylic acids is 3. The first kappa shape index (κ1) is 38.1. The fourth-order valence-electron chi connectivity index (χ4n) is 9.27. The number of amides is 3. The van der Waals surface area contributed by atoms with Gasteiger partial charge in [0.1, 0.15) is 17.7 Å². The average Bonchev–Trinajstić information content (AvgIpc) is 4.11. The molecule has 2 bridgehead atoms. The van der Waals surface area contributed by atoms with Crippen LogP contribution in [0, 0.1) is 17.8 Å². The molecule has 57 heavy (non-hydrogen) atoms. The third-order valence-corrected chi connectivity index (χ3v) is 12.4. The number of alkyl carbamates (subject to hydrolysis) is 1. The van der Waals surface area contributed by atoms with Crippen LogP contribution in [-0.2, 0) is 19.1 Å². The number of rotatable bonds is 12. The van der Waals surface area contributed by atoms with Crippen molar-refractivity contribution in [1.29, 1.82) is 0 Å². The summed E-state index contributed by atoms with van der Waals surface area (Å²) >= 11 is 0. The van der Waals surface area contributed by atoms with Gasteiger partial charge in [-0.1, -0.05) is 54.6 Å². The Hall–Kier alpha value is -5.82. The van der Waals surface area contributed by atoms with Crippen LogP contribution in [0.5, 0.6) is 0 Å². The number of nitrogens with zero attached hydrogens (tertiary/aromatic N) is 4. The number of ether oxygens (including phenoxy) is 2. The van der Waals surface area contributed by atoms with Crippen molar-refractivity contribution in [1.82, 2.24) is 40.5 Å². The van der Waals surface area contributed by atoms with Gasteiger partial charge in [-0.2, -0.15) is 0 Å². The Bertz CT molecular complexity index is 2190. The molecule has 13 nitrogen and oxygen atoms in total. The van der Waals surface area contributed by atoms with Gasteiger partial charge in [-0.15, -0.1) is 0 Å². The number of pyridine rings is 1. The molecular formula is C44H50N8O5. The van der Waals surface area contributed by atoms with Gasteiger partial charge >= 0.3 is 6.09 Å². The first-order valence-corrected chi connectivity index (χ1v) is 19.9. The summed E-state index contributed by atoms with van der Waals surface area (Å²) in [6.45, 7) is 4.31. The maximum absolute atomic E-state index is 13.7. The molecule has 3 aromatic heterocycles. The minimum atomic E-state index is -0.886. The van der Waals surface area contributed by atoms with Gasteiger partial charge in [0.25, 0.3) is 0 Å². The molecule has 6 unspecified atom stereocenters. The standard InChI is InChI=1S/C44H50N8O5/c1-25(33-7-5-19-45-22-33)48-42(53)38-32-18-17-31(21-32)37(38)41-47-24-35(50-41)30-15-11-28(12-16-30)27-9-13-29(14-10-27)34-23-46-40(49-34)36-8-6-20-52(36)43(54)39(26(2)56-3)51-44(55)57-4/h5,7,9-16,19,22-26,31-32,36-39H,6,8,17-18,20-21H2,1-4H3,(H,46,49)(H,47,50)(H,48,53)(H,51,55)/t25?,26?,31?,32?,36-,37?,38?,39-/m0/s1. The number of aromatic nitrogens is 5. The molecule has 0 spiro atoms. The highest BCUT2D eigenvalue weighted by Gasteiger charge is 2.52. The number of hydrogen-bond acceptors (Lipinski definition) is 8. The Morgan fingerprint density at radius 2 is 1.42 bits per heavy atom. The summed E-state index contributed by atoms with van der Waals surface area (Å²) in [4.78, 5) is 61.9. The number of imidazole rings is 2. The molecule has 8 rings (SSSR count). The van der Waals surface area contributed by atoms with Gasteiger partial charge in [-0.3, -0.25) is 14.6 Å². The third-order valence-electron chi connectivity index (χ3n) is 12.4. The zero-order valence-electron chi connectivity index (χ0n) is 32.8. The van der Waals surface area contributed by atoms with Crippen molar-refractivity contribution in [2.45, 2.75) is 76.1 Å². The molecule has 296 valence electrons. The van der Waals surface area contributed by atoms with Crippen LogP contribution in [0.3, 0.4) is 0 Å². The Balaban J connectivity index is 0.922. The zero-order chi connectivity index (χ0) is 39.6. The lowest BCUT2D eigenvalue weighted by atomic mass is 9.78. The highest BCUT2D eigenvalue weighted by Crippen LogP contribution is 2.56. The van der Waals surface area contributed by atoms with Gasteiger partial charge in [0, 0.05) is 32.0 Å². The van der Waals surface area contributed by atoms with Crippen LogP contribution >= 0.6 is 0 Å². The quantitative estimate of drug-likeness (QED) is 0.106. The predicted molar refractivity (Wildman–Crippen MR) is 214 cm³/mol. The summed E-state index contributed by atoms with van der Waals surface area (Å²) < 4.78 is 10.2. The SMILES string of the molecule is COC(=O)N[C@H](C(=O)N1CCC[C@H]1c1ncc(-c2ccc(-c3ccc(-c4cnc(C5C6CCC(C6)C5C(=O)NC(C)c5cccnc5)[nH]4)cc3)cc2)[nH]1)C(C)OC. The van der Waals surface area contributed by atoms with Crippen molar-refractivity contribution in [3.8, 4) is 33.6 Å². The average molecular weight is 771 g/mol. The van der Waals surface area contributed by atoms with E-state index in [0.29, 0.717) is 24.2 Å². The van der Waals surface area contributed by atoms with E-state index in [1.807, 2.05) is 31.5 Å². The van der Waals surface area contributed by atoms with Crippen molar-refractivity contribution in [2.24, 2.45) is 17.8 Å². The summed E-state index contributed by atoms with van der Waals surface area (Å²) in [5.74, 6) is 2.30. The molecule has 4 N–H and O–H groups in total. The van der Waals surface area contributed by atoms with E-state index in [9.17, 15) is 14.4 Å². The molecule has 5 aromatic rings. The van der Waals surface area contributed by atoms with Crippen LogP contribution in [0.4, 0.5) is 4.79 Å². The minimum Gasteiger partial charge on any atom is -0.453 e. The number of fused-ring (bicyclic) bond motifs is 2. The molecule has 8 atom stereocenters. The van der Waals surface area contributed by atoms with Crippen molar-refractivity contribution in [3.63, 3.8) is 0 Å². The highest BCUT2D eigenvalue weighted by atomic mass is 16.5. The van der Waals surface area contributed by atoms with Crippen LogP contribution in [0.25, 0.3) is 33.6 Å². The van der Waals surface area contributed by atoms with Gasteiger partial charge in [0.15, 0.2) is 0 Å². The molecule has 2 aromatic carbocycles. The molecule has 1 aliphatic heterocycles. The number of carbonyl (C=O) groups is 3. The van der Waals surface area contributed by atoms with E-state index in [0.717, 1.165) is 77.1 Å². The molecule has 0 radical (unpaired) electrons. The molecule has 2 saturated carbocycles. The second kappa shape index (κ2) is 16.3. The van der Waals surface area contributed by atoms with E-state index in [2.05, 4.69) is 79.1 Å². The normalized spacial score (nSPS) is 22.9. The van der Waals surface area contributed by atoms with Crippen LogP contribution < -0.4 is 10.6 Å². The van der Waals surface area contributed by atoms with Gasteiger partial charge in [0.2, 0.25) is 11.8 Å². The van der Waals surface area contributed by atoms with Crippen molar-refractivity contribution < 1.29 is 23.9 Å². The Morgan fingerprint density at radius 3 is 2.05 bits per heavy atom. The lowest BCUT2D eigenvalue weighted by Crippen LogP contribution is -2.54. The highest BCUT2D eigenvalue weighted by molar-refractivity contribution is 5.87. The van der Waals surface area contributed by atoms with Crippen LogP contribution in [0.1, 0.15) is 81.2 Å². The largest absolute Gasteiger partial charge is 0.453 e. The first-order valence-electron chi connectivity index (χ1n) is 19.9. The maximum Gasteiger partial charge on any atom is 0.407 e. The number of nitrogens with one attached hydrogen (secondary N) is 4. The number of benzene rings is 2. The monoisotopic (exact) mass is 770 g/mol. The fourth-order valence-corrected chi connectivity index (χ4v) is 9.27. The Kier molecular flexibility index (Phi) is 10.9. The molecule has 3 aliphatic rings. The maximum atomic E-state index is 13.7.